The molecule has 0 unspecified atom stereocenters. The van der Waals surface area contributed by atoms with Gasteiger partial charge in [-0.1, -0.05) is 13.8 Å². The van der Waals surface area contributed by atoms with Crippen molar-refractivity contribution in [3.63, 3.8) is 0 Å². The Hall–Kier alpha value is 0.00987. The molecule has 1 N–H and O–H groups in total. The lowest BCUT2D eigenvalue weighted by Gasteiger charge is -2.43. The Morgan fingerprint density at radius 1 is 0.800 bits per heavy atom. The molecule has 116 valence electrons. The number of hydrogen-bond donors (Lipinski definition) is 1. The highest BCUT2D eigenvalue weighted by molar-refractivity contribution is 6.93. The maximum absolute atomic E-state index is 10.0. The molecule has 1 fully saturated rings. The minimum Gasteiger partial charge on any atom is -0.440 e. The highest BCUT2D eigenvalue weighted by Crippen LogP contribution is 2.52. The molecule has 0 radical (unpaired) electrons. The van der Waals surface area contributed by atoms with Gasteiger partial charge >= 0.3 is 0 Å². The summed E-state index contributed by atoms with van der Waals surface area (Å²) in [6.45, 7) is 16.3. The quantitative estimate of drug-likeness (QED) is 0.549. The average molecular weight is 282 g/mol. The van der Waals surface area contributed by atoms with Crippen LogP contribution in [0.25, 0.3) is 0 Å². The van der Waals surface area contributed by atoms with Crippen LogP contribution in [-0.2, 0) is 9.31 Å². The van der Waals surface area contributed by atoms with Crippen molar-refractivity contribution >= 4 is 14.7 Å². The van der Waals surface area contributed by atoms with E-state index in [1.807, 2.05) is 13.8 Å². The van der Waals surface area contributed by atoms with Crippen LogP contribution < -0.4 is 0 Å². The van der Waals surface area contributed by atoms with Gasteiger partial charge in [-0.05, 0) is 65.7 Å². The van der Waals surface area contributed by atoms with Crippen molar-refractivity contribution in [2.24, 2.45) is 11.3 Å². The van der Waals surface area contributed by atoms with E-state index < -0.39 is 11.2 Å². The van der Waals surface area contributed by atoms with E-state index >= 15 is 0 Å². The summed E-state index contributed by atoms with van der Waals surface area (Å²) < 4.78 is 11.9. The fourth-order valence-electron chi connectivity index (χ4n) is 2.25. The van der Waals surface area contributed by atoms with Crippen molar-refractivity contribution < 1.29 is 14.4 Å². The SMILES string of the molecule is CC(C)(O)C(C)(C)OBBOC(C)(C)C(C)(C)C1CC1. The van der Waals surface area contributed by atoms with Gasteiger partial charge in [0.2, 0.25) is 0 Å². The molecule has 0 aromatic carbocycles. The van der Waals surface area contributed by atoms with Crippen LogP contribution in [0.15, 0.2) is 0 Å². The predicted molar refractivity (Wildman–Crippen MR) is 87.4 cm³/mol. The summed E-state index contributed by atoms with van der Waals surface area (Å²) in [5, 5.41) is 10.0. The van der Waals surface area contributed by atoms with Gasteiger partial charge in [0.1, 0.15) is 0 Å². The van der Waals surface area contributed by atoms with Gasteiger partial charge in [0.25, 0.3) is 14.7 Å². The van der Waals surface area contributed by atoms with Gasteiger partial charge in [-0.2, -0.15) is 0 Å². The van der Waals surface area contributed by atoms with E-state index in [1.165, 1.54) is 12.8 Å². The topological polar surface area (TPSA) is 38.7 Å². The highest BCUT2D eigenvalue weighted by atomic mass is 16.5. The van der Waals surface area contributed by atoms with E-state index in [2.05, 4.69) is 27.7 Å². The third-order valence-electron chi connectivity index (χ3n) is 5.63. The Labute approximate surface area is 126 Å². The Balaban J connectivity index is 2.41. The van der Waals surface area contributed by atoms with E-state index in [1.54, 1.807) is 13.8 Å². The summed E-state index contributed by atoms with van der Waals surface area (Å²) >= 11 is 0. The molecule has 1 rings (SSSR count). The first-order chi connectivity index (χ1) is 8.81. The zero-order valence-corrected chi connectivity index (χ0v) is 14.7. The van der Waals surface area contributed by atoms with Gasteiger partial charge in [-0.3, -0.25) is 0 Å². The van der Waals surface area contributed by atoms with Gasteiger partial charge in [0, 0.05) is 5.60 Å². The Bertz CT molecular complexity index is 329. The lowest BCUT2D eigenvalue weighted by Crippen LogP contribution is -2.50. The zero-order valence-electron chi connectivity index (χ0n) is 14.7. The molecule has 0 aromatic rings. The second-order valence-electron chi connectivity index (χ2n) is 8.27. The van der Waals surface area contributed by atoms with E-state index in [9.17, 15) is 5.11 Å². The third-order valence-corrected chi connectivity index (χ3v) is 5.63. The fraction of sp³-hybridized carbons (Fsp3) is 1.00. The van der Waals surface area contributed by atoms with Crippen LogP contribution in [0.2, 0.25) is 0 Å². The summed E-state index contributed by atoms with van der Waals surface area (Å²) in [6, 6.07) is 0. The molecule has 5 heteroatoms. The molecule has 20 heavy (non-hydrogen) atoms. The Kier molecular flexibility index (Phi) is 5.11. The van der Waals surface area contributed by atoms with Crippen molar-refractivity contribution in [3.05, 3.63) is 0 Å². The van der Waals surface area contributed by atoms with Gasteiger partial charge in [0.15, 0.2) is 0 Å². The van der Waals surface area contributed by atoms with Crippen molar-refractivity contribution in [3.8, 4) is 0 Å². The zero-order chi connectivity index (χ0) is 15.8. The Morgan fingerprint density at radius 2 is 1.20 bits per heavy atom. The molecule has 0 saturated heterocycles. The summed E-state index contributed by atoms with van der Waals surface area (Å²) in [6.07, 6.45) is 2.64. The maximum Gasteiger partial charge on any atom is 0.272 e. The van der Waals surface area contributed by atoms with E-state index in [4.69, 9.17) is 9.31 Å². The lowest BCUT2D eigenvalue weighted by atomic mass is 9.61. The smallest absolute Gasteiger partial charge is 0.272 e. The van der Waals surface area contributed by atoms with E-state index in [0.29, 0.717) is 14.7 Å². The van der Waals surface area contributed by atoms with Gasteiger partial charge in [-0.15, -0.1) is 0 Å². The Morgan fingerprint density at radius 3 is 1.55 bits per heavy atom. The molecule has 3 nitrogen and oxygen atoms in total. The molecule has 1 aliphatic rings. The summed E-state index contributed by atoms with van der Waals surface area (Å²) in [5.74, 6) is 0.784. The fourth-order valence-corrected chi connectivity index (χ4v) is 2.25. The van der Waals surface area contributed by atoms with Gasteiger partial charge < -0.3 is 14.4 Å². The first kappa shape index (κ1) is 18.1. The van der Waals surface area contributed by atoms with Crippen LogP contribution >= 0.6 is 0 Å². The maximum atomic E-state index is 10.0. The number of aliphatic hydroxyl groups is 1. The van der Waals surface area contributed by atoms with Crippen LogP contribution in [0.4, 0.5) is 0 Å². The van der Waals surface area contributed by atoms with Crippen LogP contribution in [0.1, 0.15) is 68.2 Å². The number of rotatable bonds is 8. The first-order valence-corrected chi connectivity index (χ1v) is 7.81. The highest BCUT2D eigenvalue weighted by Gasteiger charge is 2.48. The molecule has 1 saturated carbocycles. The number of hydrogen-bond acceptors (Lipinski definition) is 3. The molecular weight excluding hydrogens is 250 g/mol. The van der Waals surface area contributed by atoms with E-state index in [-0.39, 0.29) is 11.0 Å². The summed E-state index contributed by atoms with van der Waals surface area (Å²) in [5.41, 5.74) is -1.41. The molecule has 0 amide bonds. The van der Waals surface area contributed by atoms with Crippen molar-refractivity contribution in [1.29, 1.82) is 0 Å². The second kappa shape index (κ2) is 5.66. The minimum atomic E-state index is -0.865. The van der Waals surface area contributed by atoms with Crippen molar-refractivity contribution in [1.82, 2.24) is 0 Å². The standard InChI is InChI=1S/C15H32B2O3/c1-12(2,11-9-10-11)14(5,6)19-16-17-20-15(7,8)13(3,4)18/h11,16-18H,9-10H2,1-8H3. The molecule has 0 spiro atoms. The molecule has 0 aliphatic heterocycles. The summed E-state index contributed by atoms with van der Waals surface area (Å²) in [7, 11) is 1.06. The van der Waals surface area contributed by atoms with E-state index in [0.717, 1.165) is 5.92 Å². The molecular formula is C15H32B2O3. The van der Waals surface area contributed by atoms with Crippen LogP contribution in [0, 0.1) is 11.3 Å². The molecule has 0 aromatic heterocycles. The normalized spacial score (nSPS) is 18.1. The first-order valence-electron chi connectivity index (χ1n) is 7.81. The summed E-state index contributed by atoms with van der Waals surface area (Å²) in [4.78, 5) is 0. The van der Waals surface area contributed by atoms with Crippen LogP contribution in [0.5, 0.6) is 0 Å². The monoisotopic (exact) mass is 282 g/mol. The molecule has 0 heterocycles. The van der Waals surface area contributed by atoms with Crippen LogP contribution in [-0.4, -0.2) is 36.7 Å². The predicted octanol–water partition coefficient (Wildman–Crippen LogP) is 2.40. The average Bonchev–Trinajstić information content (AvgIpc) is 3.06. The van der Waals surface area contributed by atoms with Gasteiger partial charge in [-0.25, -0.2) is 0 Å². The van der Waals surface area contributed by atoms with Crippen LogP contribution in [0.3, 0.4) is 0 Å². The molecule has 0 atom stereocenters. The minimum absolute atomic E-state index is 0.156. The molecule has 1 aliphatic carbocycles. The largest absolute Gasteiger partial charge is 0.440 e. The lowest BCUT2D eigenvalue weighted by molar-refractivity contribution is -0.0896. The molecule has 0 bridgehead atoms. The third kappa shape index (κ3) is 4.02. The van der Waals surface area contributed by atoms with Crippen molar-refractivity contribution in [2.75, 3.05) is 0 Å². The second-order valence-corrected chi connectivity index (χ2v) is 8.27. The van der Waals surface area contributed by atoms with Gasteiger partial charge in [0.05, 0.1) is 11.2 Å². The van der Waals surface area contributed by atoms with Crippen molar-refractivity contribution in [2.45, 2.75) is 85.0 Å².